The lowest BCUT2D eigenvalue weighted by Crippen LogP contribution is -2.13. The molecule has 0 bridgehead atoms. The number of hydrogen-bond acceptors (Lipinski definition) is 1. The van der Waals surface area contributed by atoms with Gasteiger partial charge in [0.25, 0.3) is 0 Å². The van der Waals surface area contributed by atoms with E-state index < -0.39 is 0 Å². The van der Waals surface area contributed by atoms with Gasteiger partial charge in [0.15, 0.2) is 0 Å². The Kier molecular flexibility index (Phi) is 1.57. The normalized spacial score (nSPS) is 40.9. The highest BCUT2D eigenvalue weighted by Crippen LogP contribution is 2.19. The van der Waals surface area contributed by atoms with Crippen LogP contribution in [0.1, 0.15) is 13.8 Å². The van der Waals surface area contributed by atoms with Crippen molar-refractivity contribution in [1.29, 1.82) is 0 Å². The summed E-state index contributed by atoms with van der Waals surface area (Å²) in [6.07, 6.45) is 0. The first-order valence-corrected chi connectivity index (χ1v) is 3.38. The molecule has 1 rings (SSSR count). The summed E-state index contributed by atoms with van der Waals surface area (Å²) in [5.74, 6) is 1.83. The summed E-state index contributed by atoms with van der Waals surface area (Å²) in [6.45, 7) is 7.24. The average molecular weight is 113 g/mol. The van der Waals surface area contributed by atoms with Gasteiger partial charge in [0, 0.05) is 13.1 Å². The number of likely N-dealkylation sites (tertiary alicyclic amines) is 1. The Bertz CT molecular complexity index is 70.5. The lowest BCUT2D eigenvalue weighted by atomic mass is 10.0. The van der Waals surface area contributed by atoms with Crippen molar-refractivity contribution in [2.75, 3.05) is 20.1 Å². The van der Waals surface area contributed by atoms with Crippen molar-refractivity contribution in [2.45, 2.75) is 13.8 Å². The van der Waals surface area contributed by atoms with Crippen molar-refractivity contribution in [3.05, 3.63) is 0 Å². The second-order valence-corrected chi connectivity index (χ2v) is 3.18. The second kappa shape index (κ2) is 2.06. The third-order valence-electron chi connectivity index (χ3n) is 2.17. The van der Waals surface area contributed by atoms with E-state index in [0.717, 1.165) is 11.8 Å². The smallest absolute Gasteiger partial charge is 0.000711 e. The van der Waals surface area contributed by atoms with E-state index >= 15 is 0 Å². The average Bonchev–Trinajstić information content (AvgIpc) is 1.85. The molecule has 0 aliphatic carbocycles. The van der Waals surface area contributed by atoms with E-state index in [1.165, 1.54) is 13.1 Å². The summed E-state index contributed by atoms with van der Waals surface area (Å²) in [5, 5.41) is 0. The summed E-state index contributed by atoms with van der Waals surface area (Å²) < 4.78 is 0. The van der Waals surface area contributed by atoms with E-state index in [-0.39, 0.29) is 0 Å². The largest absolute Gasteiger partial charge is 0.306 e. The van der Waals surface area contributed by atoms with Crippen molar-refractivity contribution in [3.63, 3.8) is 0 Å². The van der Waals surface area contributed by atoms with Crippen molar-refractivity contribution < 1.29 is 0 Å². The van der Waals surface area contributed by atoms with E-state index in [4.69, 9.17) is 0 Å². The molecule has 0 amide bonds. The van der Waals surface area contributed by atoms with Crippen molar-refractivity contribution >= 4 is 0 Å². The summed E-state index contributed by atoms with van der Waals surface area (Å²) in [6, 6.07) is 0. The minimum absolute atomic E-state index is 0.917. The van der Waals surface area contributed by atoms with Crippen molar-refractivity contribution in [2.24, 2.45) is 11.8 Å². The van der Waals surface area contributed by atoms with Crippen LogP contribution in [0.3, 0.4) is 0 Å². The predicted octanol–water partition coefficient (Wildman–Crippen LogP) is 1.20. The first-order chi connectivity index (χ1) is 3.70. The highest BCUT2D eigenvalue weighted by atomic mass is 15.1. The highest BCUT2D eigenvalue weighted by molar-refractivity contribution is 4.75. The van der Waals surface area contributed by atoms with Gasteiger partial charge in [0.05, 0.1) is 0 Å². The van der Waals surface area contributed by atoms with Gasteiger partial charge in [0.2, 0.25) is 0 Å². The van der Waals surface area contributed by atoms with Crippen LogP contribution in [0, 0.1) is 11.8 Å². The molecule has 1 heteroatoms. The maximum atomic E-state index is 2.40. The molecule has 0 N–H and O–H groups in total. The van der Waals surface area contributed by atoms with Crippen LogP contribution in [0.25, 0.3) is 0 Å². The maximum absolute atomic E-state index is 2.40. The topological polar surface area (TPSA) is 3.24 Å². The highest BCUT2D eigenvalue weighted by Gasteiger charge is 2.22. The van der Waals surface area contributed by atoms with Crippen LogP contribution in [0.2, 0.25) is 0 Å². The Morgan fingerprint density at radius 1 is 1.12 bits per heavy atom. The molecule has 8 heavy (non-hydrogen) atoms. The van der Waals surface area contributed by atoms with Gasteiger partial charge in [-0.2, -0.15) is 0 Å². The number of nitrogens with zero attached hydrogens (tertiary/aromatic N) is 1. The molecule has 0 saturated carbocycles. The molecule has 0 aromatic rings. The molecule has 1 heterocycles. The predicted molar refractivity (Wildman–Crippen MR) is 35.8 cm³/mol. The van der Waals surface area contributed by atoms with Crippen molar-refractivity contribution in [1.82, 2.24) is 4.90 Å². The molecular weight excluding hydrogens is 98.1 g/mol. The Labute approximate surface area is 51.7 Å². The zero-order valence-electron chi connectivity index (χ0n) is 6.02. The maximum Gasteiger partial charge on any atom is 0.000711 e. The fraction of sp³-hybridized carbons (Fsp3) is 1.00. The molecule has 1 aliphatic heterocycles. The Balaban J connectivity index is 2.39. The van der Waals surface area contributed by atoms with E-state index in [1.54, 1.807) is 0 Å². The summed E-state index contributed by atoms with van der Waals surface area (Å²) in [5.41, 5.74) is 0. The number of rotatable bonds is 0. The number of hydrogen-bond donors (Lipinski definition) is 0. The van der Waals surface area contributed by atoms with Gasteiger partial charge in [-0.15, -0.1) is 0 Å². The molecule has 0 spiro atoms. The monoisotopic (exact) mass is 113 g/mol. The van der Waals surface area contributed by atoms with E-state index in [1.807, 2.05) is 0 Å². The minimum Gasteiger partial charge on any atom is -0.306 e. The van der Waals surface area contributed by atoms with Gasteiger partial charge in [-0.1, -0.05) is 13.8 Å². The first-order valence-electron chi connectivity index (χ1n) is 3.38. The quantitative estimate of drug-likeness (QED) is 0.456. The van der Waals surface area contributed by atoms with Crippen LogP contribution in [0.4, 0.5) is 0 Å². The van der Waals surface area contributed by atoms with E-state index in [0.29, 0.717) is 0 Å². The van der Waals surface area contributed by atoms with Gasteiger partial charge in [-0.3, -0.25) is 0 Å². The molecule has 1 fully saturated rings. The fourth-order valence-electron chi connectivity index (χ4n) is 1.42. The Morgan fingerprint density at radius 3 is 1.62 bits per heavy atom. The SMILES string of the molecule is CC1CN(C)C[C@@H]1C. The molecule has 1 nitrogen and oxygen atoms in total. The molecule has 2 atom stereocenters. The lowest BCUT2D eigenvalue weighted by Gasteiger charge is -2.03. The van der Waals surface area contributed by atoms with Gasteiger partial charge in [-0.05, 0) is 18.9 Å². The second-order valence-electron chi connectivity index (χ2n) is 3.18. The molecule has 0 aromatic carbocycles. The van der Waals surface area contributed by atoms with Crippen LogP contribution in [-0.4, -0.2) is 25.0 Å². The van der Waals surface area contributed by atoms with E-state index in [2.05, 4.69) is 25.8 Å². The van der Waals surface area contributed by atoms with Gasteiger partial charge >= 0.3 is 0 Å². The fourth-order valence-corrected chi connectivity index (χ4v) is 1.42. The van der Waals surface area contributed by atoms with Gasteiger partial charge in [-0.25, -0.2) is 0 Å². The van der Waals surface area contributed by atoms with Gasteiger partial charge < -0.3 is 4.90 Å². The molecule has 1 aliphatic rings. The molecule has 1 unspecified atom stereocenters. The summed E-state index contributed by atoms with van der Waals surface area (Å²) >= 11 is 0. The third-order valence-corrected chi connectivity index (χ3v) is 2.17. The van der Waals surface area contributed by atoms with E-state index in [9.17, 15) is 0 Å². The van der Waals surface area contributed by atoms with Crippen LogP contribution in [0.15, 0.2) is 0 Å². The molecular formula is C7H15N. The van der Waals surface area contributed by atoms with Crippen LogP contribution in [0.5, 0.6) is 0 Å². The zero-order chi connectivity index (χ0) is 6.15. The zero-order valence-corrected chi connectivity index (χ0v) is 6.02. The standard InChI is InChI=1S/C7H15N/c1-6-4-8(3)5-7(6)2/h6-7H,4-5H2,1-3H3/t6-,7?/m0/s1. The van der Waals surface area contributed by atoms with Crippen LogP contribution < -0.4 is 0 Å². The molecule has 1 saturated heterocycles. The molecule has 0 aromatic heterocycles. The lowest BCUT2D eigenvalue weighted by molar-refractivity contribution is 0.398. The first kappa shape index (κ1) is 6.09. The Hall–Kier alpha value is -0.0400. The van der Waals surface area contributed by atoms with Crippen LogP contribution >= 0.6 is 0 Å². The molecule has 0 radical (unpaired) electrons. The van der Waals surface area contributed by atoms with Crippen molar-refractivity contribution in [3.8, 4) is 0 Å². The minimum atomic E-state index is 0.917. The third kappa shape index (κ3) is 1.03. The summed E-state index contributed by atoms with van der Waals surface area (Å²) in [4.78, 5) is 2.40. The van der Waals surface area contributed by atoms with Gasteiger partial charge in [0.1, 0.15) is 0 Å². The summed E-state index contributed by atoms with van der Waals surface area (Å²) in [7, 11) is 2.19. The van der Waals surface area contributed by atoms with Crippen LogP contribution in [-0.2, 0) is 0 Å². The Morgan fingerprint density at radius 2 is 1.50 bits per heavy atom. The molecule has 48 valence electrons.